The van der Waals surface area contributed by atoms with E-state index in [1.807, 2.05) is 24.3 Å². The van der Waals surface area contributed by atoms with Crippen molar-refractivity contribution in [3.63, 3.8) is 0 Å². The van der Waals surface area contributed by atoms with Crippen molar-refractivity contribution in [1.82, 2.24) is 4.90 Å². The number of halogens is 5. The minimum absolute atomic E-state index is 0.202. The topological polar surface area (TPSA) is 44.8 Å². The number of benzene rings is 3. The molecule has 3 aromatic carbocycles. The molecule has 37 heavy (non-hydrogen) atoms. The fourth-order valence-corrected chi connectivity index (χ4v) is 4.25. The number of carbonyl (C=O) groups excluding carboxylic acids is 1. The van der Waals surface area contributed by atoms with E-state index in [1.54, 1.807) is 18.2 Å². The highest BCUT2D eigenvalue weighted by molar-refractivity contribution is 6.31. The second kappa shape index (κ2) is 11.9. The summed E-state index contributed by atoms with van der Waals surface area (Å²) < 4.78 is 41.0. The van der Waals surface area contributed by atoms with Gasteiger partial charge in [-0.1, -0.05) is 47.5 Å². The molecule has 1 aliphatic heterocycles. The highest BCUT2D eigenvalue weighted by Gasteiger charge is 2.31. The van der Waals surface area contributed by atoms with Crippen molar-refractivity contribution in [3.05, 3.63) is 94.0 Å². The van der Waals surface area contributed by atoms with Gasteiger partial charge in [-0.2, -0.15) is 0 Å². The molecule has 194 valence electrons. The number of ether oxygens (including phenoxy) is 1. The van der Waals surface area contributed by atoms with E-state index in [0.29, 0.717) is 15.7 Å². The smallest absolute Gasteiger partial charge is 0.406 e. The van der Waals surface area contributed by atoms with E-state index in [9.17, 15) is 18.0 Å². The third-order valence-electron chi connectivity index (χ3n) is 5.81. The first kappa shape index (κ1) is 26.9. The van der Waals surface area contributed by atoms with E-state index in [-0.39, 0.29) is 5.56 Å². The lowest BCUT2D eigenvalue weighted by atomic mass is 10.1. The Morgan fingerprint density at radius 3 is 2.22 bits per heavy atom. The molecule has 1 fully saturated rings. The Bertz CT molecular complexity index is 1240. The number of carbonyl (C=O) groups is 1. The molecular weight excluding hydrogens is 526 g/mol. The first-order valence-corrected chi connectivity index (χ1v) is 12.3. The van der Waals surface area contributed by atoms with Gasteiger partial charge in [0.25, 0.3) is 5.91 Å². The van der Waals surface area contributed by atoms with Gasteiger partial charge in [0.2, 0.25) is 0 Å². The highest BCUT2D eigenvalue weighted by atomic mass is 35.5. The van der Waals surface area contributed by atoms with Gasteiger partial charge in [-0.3, -0.25) is 9.69 Å². The zero-order chi connectivity index (χ0) is 26.4. The third-order valence-corrected chi connectivity index (χ3v) is 6.30. The van der Waals surface area contributed by atoms with Crippen molar-refractivity contribution in [1.29, 1.82) is 0 Å². The number of hydrogen-bond donors (Lipinski definition) is 1. The summed E-state index contributed by atoms with van der Waals surface area (Å²) in [4.78, 5) is 17.3. The lowest BCUT2D eigenvalue weighted by Crippen LogP contribution is -2.46. The SMILES string of the molecule is O=C(Nc1ccc(Cl)cc1N1CCN(C/C=C/c2ccc(Cl)cc2)CC1)c1ccc(OC(F)(F)F)cc1. The highest BCUT2D eigenvalue weighted by Crippen LogP contribution is 2.31. The molecule has 1 saturated heterocycles. The molecule has 5 nitrogen and oxygen atoms in total. The quantitative estimate of drug-likeness (QED) is 0.345. The van der Waals surface area contributed by atoms with Crippen LogP contribution in [-0.2, 0) is 0 Å². The van der Waals surface area contributed by atoms with Crippen LogP contribution in [0, 0.1) is 0 Å². The molecule has 10 heteroatoms. The van der Waals surface area contributed by atoms with E-state index >= 15 is 0 Å². The van der Waals surface area contributed by atoms with Gasteiger partial charge in [0.1, 0.15) is 5.75 Å². The molecule has 1 heterocycles. The third kappa shape index (κ3) is 7.89. The Kier molecular flexibility index (Phi) is 8.63. The average Bonchev–Trinajstić information content (AvgIpc) is 2.86. The van der Waals surface area contributed by atoms with Crippen LogP contribution in [0.1, 0.15) is 15.9 Å². The molecule has 0 atom stereocenters. The summed E-state index contributed by atoms with van der Waals surface area (Å²) in [6, 6.07) is 17.6. The second-order valence-corrected chi connectivity index (χ2v) is 9.30. The number of anilines is 2. The maximum absolute atomic E-state index is 12.8. The summed E-state index contributed by atoms with van der Waals surface area (Å²) >= 11 is 12.2. The minimum Gasteiger partial charge on any atom is -0.406 e. The number of piperazine rings is 1. The summed E-state index contributed by atoms with van der Waals surface area (Å²) in [5, 5.41) is 4.09. The van der Waals surface area contributed by atoms with Gasteiger partial charge in [0.15, 0.2) is 0 Å². The lowest BCUT2D eigenvalue weighted by Gasteiger charge is -2.36. The van der Waals surface area contributed by atoms with Crippen LogP contribution in [-0.4, -0.2) is 49.9 Å². The van der Waals surface area contributed by atoms with E-state index in [0.717, 1.165) is 56.1 Å². The summed E-state index contributed by atoms with van der Waals surface area (Å²) in [7, 11) is 0. The van der Waals surface area contributed by atoms with Crippen molar-refractivity contribution >= 4 is 46.6 Å². The van der Waals surface area contributed by atoms with Gasteiger partial charge in [-0.15, -0.1) is 13.2 Å². The average molecular weight is 550 g/mol. The zero-order valence-corrected chi connectivity index (χ0v) is 21.2. The molecule has 1 N–H and O–H groups in total. The normalized spacial score (nSPS) is 14.7. The van der Waals surface area contributed by atoms with Crippen LogP contribution in [0.2, 0.25) is 10.0 Å². The maximum Gasteiger partial charge on any atom is 0.573 e. The summed E-state index contributed by atoms with van der Waals surface area (Å²) in [5.41, 5.74) is 2.65. The van der Waals surface area contributed by atoms with Gasteiger partial charge >= 0.3 is 6.36 Å². The predicted octanol–water partition coefficient (Wildman–Crippen LogP) is 6.98. The van der Waals surface area contributed by atoms with Crippen molar-refractivity contribution < 1.29 is 22.7 Å². The predicted molar refractivity (Wildman–Crippen MR) is 142 cm³/mol. The van der Waals surface area contributed by atoms with Gasteiger partial charge < -0.3 is 15.0 Å². The molecule has 4 rings (SSSR count). The fourth-order valence-electron chi connectivity index (χ4n) is 3.96. The number of hydrogen-bond acceptors (Lipinski definition) is 4. The van der Waals surface area contributed by atoms with Gasteiger partial charge in [-0.25, -0.2) is 0 Å². The number of nitrogens with one attached hydrogen (secondary N) is 1. The Morgan fingerprint density at radius 1 is 0.919 bits per heavy atom. The molecule has 1 aliphatic rings. The summed E-state index contributed by atoms with van der Waals surface area (Å²) in [6.45, 7) is 3.93. The van der Waals surface area contributed by atoms with E-state index in [2.05, 4.69) is 32.0 Å². The molecular formula is C27H24Cl2F3N3O2. The van der Waals surface area contributed by atoms with Crippen LogP contribution in [0.3, 0.4) is 0 Å². The molecule has 0 aliphatic carbocycles. The molecule has 0 saturated carbocycles. The van der Waals surface area contributed by atoms with E-state index < -0.39 is 18.0 Å². The van der Waals surface area contributed by atoms with Gasteiger partial charge in [0, 0.05) is 48.3 Å². The monoisotopic (exact) mass is 549 g/mol. The molecule has 3 aromatic rings. The van der Waals surface area contributed by atoms with Crippen LogP contribution in [0.5, 0.6) is 5.75 Å². The van der Waals surface area contributed by atoms with Crippen LogP contribution in [0.15, 0.2) is 72.8 Å². The van der Waals surface area contributed by atoms with Crippen LogP contribution in [0.4, 0.5) is 24.5 Å². The van der Waals surface area contributed by atoms with Crippen molar-refractivity contribution in [3.8, 4) is 5.75 Å². The fraction of sp³-hybridized carbons (Fsp3) is 0.222. The van der Waals surface area contributed by atoms with Crippen molar-refractivity contribution in [2.45, 2.75) is 6.36 Å². The molecule has 0 aromatic heterocycles. The Hall–Kier alpha value is -3.20. The number of amides is 1. The number of alkyl halides is 3. The van der Waals surface area contributed by atoms with Crippen molar-refractivity contribution in [2.24, 2.45) is 0 Å². The Balaban J connectivity index is 1.36. The Labute approximate surface area is 223 Å². The van der Waals surface area contributed by atoms with E-state index in [1.165, 1.54) is 12.1 Å². The molecule has 1 amide bonds. The summed E-state index contributed by atoms with van der Waals surface area (Å²) in [5.74, 6) is -0.842. The van der Waals surface area contributed by atoms with Crippen LogP contribution in [0.25, 0.3) is 6.08 Å². The van der Waals surface area contributed by atoms with Gasteiger partial charge in [-0.05, 0) is 60.2 Å². The lowest BCUT2D eigenvalue weighted by molar-refractivity contribution is -0.274. The van der Waals surface area contributed by atoms with E-state index in [4.69, 9.17) is 23.2 Å². The molecule has 0 spiro atoms. The maximum atomic E-state index is 12.8. The minimum atomic E-state index is -4.79. The second-order valence-electron chi connectivity index (χ2n) is 8.43. The Morgan fingerprint density at radius 2 is 1.57 bits per heavy atom. The van der Waals surface area contributed by atoms with Crippen molar-refractivity contribution in [2.75, 3.05) is 42.9 Å². The standard InChI is InChI=1S/C27H24Cl2F3N3O2/c28-21-7-3-19(4-8-21)2-1-13-34-14-16-35(17-15-34)25-18-22(29)9-12-24(25)33-26(36)20-5-10-23(11-6-20)37-27(30,31)32/h1-12,18H,13-17H2,(H,33,36)/b2-1+. The number of rotatable bonds is 7. The first-order chi connectivity index (χ1) is 17.7. The first-order valence-electron chi connectivity index (χ1n) is 11.5. The number of nitrogens with zero attached hydrogens (tertiary/aromatic N) is 2. The van der Waals surface area contributed by atoms with Gasteiger partial charge in [0.05, 0.1) is 11.4 Å². The van der Waals surface area contributed by atoms with Crippen LogP contribution < -0.4 is 15.0 Å². The molecule has 0 radical (unpaired) electrons. The zero-order valence-electron chi connectivity index (χ0n) is 19.6. The largest absolute Gasteiger partial charge is 0.573 e. The van der Waals surface area contributed by atoms with Crippen LogP contribution >= 0.6 is 23.2 Å². The molecule has 0 unspecified atom stereocenters. The molecule has 0 bridgehead atoms. The summed E-state index contributed by atoms with van der Waals surface area (Å²) in [6.07, 6.45) is -0.608.